The van der Waals surface area contributed by atoms with Crippen LogP contribution in [-0.2, 0) is 0 Å². The second-order valence-corrected chi connectivity index (χ2v) is 3.56. The maximum atomic E-state index is 7.13. The Hall–Kier alpha value is -0.530. The summed E-state index contributed by atoms with van der Waals surface area (Å²) >= 11 is 0. The molecule has 1 spiro atoms. The summed E-state index contributed by atoms with van der Waals surface area (Å²) in [6.07, 6.45) is 5.22. The number of rotatable bonds is 1. The molecule has 2 nitrogen and oxygen atoms in total. The highest BCUT2D eigenvalue weighted by atomic mass is 14.8. The van der Waals surface area contributed by atoms with Gasteiger partial charge in [0.05, 0.1) is 5.84 Å². The van der Waals surface area contributed by atoms with E-state index in [9.17, 15) is 0 Å². The van der Waals surface area contributed by atoms with Crippen molar-refractivity contribution < 1.29 is 0 Å². The summed E-state index contributed by atoms with van der Waals surface area (Å²) in [6.45, 7) is 0. The lowest BCUT2D eigenvalue weighted by Gasteiger charge is -2.34. The average molecular weight is 124 g/mol. The largest absolute Gasteiger partial charge is 0.387 e. The lowest BCUT2D eigenvalue weighted by Crippen LogP contribution is -2.35. The predicted octanol–water partition coefficient (Wildman–Crippen LogP) is 1.11. The molecule has 0 aromatic carbocycles. The van der Waals surface area contributed by atoms with E-state index < -0.39 is 0 Å². The zero-order valence-corrected chi connectivity index (χ0v) is 5.48. The maximum Gasteiger partial charge on any atom is 0.0937 e. The zero-order valence-electron chi connectivity index (χ0n) is 5.48. The molecule has 0 aromatic heterocycles. The molecule has 0 bridgehead atoms. The van der Waals surface area contributed by atoms with Crippen molar-refractivity contribution in [1.29, 1.82) is 5.41 Å². The Morgan fingerprint density at radius 2 is 2.00 bits per heavy atom. The van der Waals surface area contributed by atoms with Gasteiger partial charge in [-0.05, 0) is 31.1 Å². The number of amidine groups is 1. The van der Waals surface area contributed by atoms with Crippen molar-refractivity contribution in [2.45, 2.75) is 25.7 Å². The summed E-state index contributed by atoms with van der Waals surface area (Å²) in [7, 11) is 0. The van der Waals surface area contributed by atoms with Crippen molar-refractivity contribution in [1.82, 2.24) is 0 Å². The molecule has 0 saturated heterocycles. The Labute approximate surface area is 54.9 Å². The van der Waals surface area contributed by atoms with Crippen LogP contribution in [0.5, 0.6) is 0 Å². The van der Waals surface area contributed by atoms with Gasteiger partial charge in [0.2, 0.25) is 0 Å². The molecule has 0 aromatic rings. The zero-order chi connectivity index (χ0) is 6.48. The fourth-order valence-corrected chi connectivity index (χ4v) is 1.79. The molecule has 2 fully saturated rings. The second-order valence-electron chi connectivity index (χ2n) is 3.56. The van der Waals surface area contributed by atoms with Crippen LogP contribution < -0.4 is 5.73 Å². The standard InChI is InChI=1S/C7H12N2/c8-6(9)5-3-7(4-5)1-2-7/h5H,1-4H2,(H3,8,9). The van der Waals surface area contributed by atoms with E-state index in [0.717, 1.165) is 0 Å². The molecule has 50 valence electrons. The topological polar surface area (TPSA) is 49.9 Å². The molecule has 0 atom stereocenters. The van der Waals surface area contributed by atoms with E-state index in [-0.39, 0.29) is 0 Å². The minimum absolute atomic E-state index is 0.410. The summed E-state index contributed by atoms with van der Waals surface area (Å²) in [5.41, 5.74) is 6.03. The Morgan fingerprint density at radius 3 is 2.33 bits per heavy atom. The van der Waals surface area contributed by atoms with Gasteiger partial charge in [-0.25, -0.2) is 0 Å². The van der Waals surface area contributed by atoms with Crippen LogP contribution >= 0.6 is 0 Å². The van der Waals surface area contributed by atoms with E-state index in [0.29, 0.717) is 17.2 Å². The molecule has 2 aliphatic rings. The van der Waals surface area contributed by atoms with Crippen LogP contribution in [-0.4, -0.2) is 5.84 Å². The van der Waals surface area contributed by atoms with E-state index >= 15 is 0 Å². The molecule has 0 heterocycles. The first-order valence-corrected chi connectivity index (χ1v) is 3.56. The lowest BCUT2D eigenvalue weighted by atomic mass is 9.71. The highest BCUT2D eigenvalue weighted by Gasteiger charge is 2.53. The Kier molecular flexibility index (Phi) is 0.765. The van der Waals surface area contributed by atoms with Crippen LogP contribution in [0.1, 0.15) is 25.7 Å². The maximum absolute atomic E-state index is 7.13. The minimum atomic E-state index is 0.410. The van der Waals surface area contributed by atoms with Gasteiger partial charge in [-0.3, -0.25) is 5.41 Å². The van der Waals surface area contributed by atoms with E-state index in [2.05, 4.69) is 0 Å². The first kappa shape index (κ1) is 5.27. The first-order valence-electron chi connectivity index (χ1n) is 3.56. The van der Waals surface area contributed by atoms with Gasteiger partial charge in [0, 0.05) is 5.92 Å². The van der Waals surface area contributed by atoms with Gasteiger partial charge in [0.25, 0.3) is 0 Å². The molecule has 9 heavy (non-hydrogen) atoms. The van der Waals surface area contributed by atoms with Gasteiger partial charge in [0.15, 0.2) is 0 Å². The second kappa shape index (κ2) is 1.31. The van der Waals surface area contributed by atoms with E-state index in [1.807, 2.05) is 0 Å². The van der Waals surface area contributed by atoms with Gasteiger partial charge in [-0.15, -0.1) is 0 Å². The molecule has 2 heteroatoms. The van der Waals surface area contributed by atoms with Crippen LogP contribution in [0.4, 0.5) is 0 Å². The van der Waals surface area contributed by atoms with E-state index in [1.54, 1.807) is 0 Å². The predicted molar refractivity (Wildman–Crippen MR) is 36.3 cm³/mol. The SMILES string of the molecule is N=C(N)C1CC2(CC2)C1. The highest BCUT2D eigenvalue weighted by Crippen LogP contribution is 2.63. The van der Waals surface area contributed by atoms with Crippen LogP contribution in [0.3, 0.4) is 0 Å². The minimum Gasteiger partial charge on any atom is -0.387 e. The first-order chi connectivity index (χ1) is 4.22. The summed E-state index contributed by atoms with van der Waals surface area (Å²) in [5.74, 6) is 0.861. The molecule has 0 aliphatic heterocycles. The Balaban J connectivity index is 1.90. The average Bonchev–Trinajstić information content (AvgIpc) is 2.35. The number of nitrogens with two attached hydrogens (primary N) is 1. The van der Waals surface area contributed by atoms with Crippen molar-refractivity contribution in [3.05, 3.63) is 0 Å². The Morgan fingerprint density at radius 1 is 1.44 bits per heavy atom. The monoisotopic (exact) mass is 124 g/mol. The molecule has 2 aliphatic carbocycles. The number of hydrogen-bond donors (Lipinski definition) is 2. The van der Waals surface area contributed by atoms with Gasteiger partial charge in [0.1, 0.15) is 0 Å². The number of nitrogens with one attached hydrogen (secondary N) is 1. The highest BCUT2D eigenvalue weighted by molar-refractivity contribution is 5.80. The van der Waals surface area contributed by atoms with E-state index in [4.69, 9.17) is 11.1 Å². The normalized spacial score (nSPS) is 29.8. The van der Waals surface area contributed by atoms with Crippen LogP contribution in [0.15, 0.2) is 0 Å². The third-order valence-corrected chi connectivity index (χ3v) is 2.76. The molecular weight excluding hydrogens is 112 g/mol. The lowest BCUT2D eigenvalue weighted by molar-refractivity contribution is 0.228. The van der Waals surface area contributed by atoms with E-state index in [1.165, 1.54) is 25.7 Å². The molecule has 2 saturated carbocycles. The van der Waals surface area contributed by atoms with Gasteiger partial charge in [-0.1, -0.05) is 0 Å². The van der Waals surface area contributed by atoms with Crippen LogP contribution in [0.2, 0.25) is 0 Å². The van der Waals surface area contributed by atoms with Crippen LogP contribution in [0, 0.1) is 16.7 Å². The molecule has 0 radical (unpaired) electrons. The van der Waals surface area contributed by atoms with Crippen molar-refractivity contribution in [3.8, 4) is 0 Å². The molecule has 0 unspecified atom stereocenters. The van der Waals surface area contributed by atoms with Gasteiger partial charge >= 0.3 is 0 Å². The third-order valence-electron chi connectivity index (χ3n) is 2.76. The van der Waals surface area contributed by atoms with Crippen molar-refractivity contribution >= 4 is 5.84 Å². The quantitative estimate of drug-likeness (QED) is 0.399. The molecule has 0 amide bonds. The molecule has 2 rings (SSSR count). The Bertz CT molecular complexity index is 150. The van der Waals surface area contributed by atoms with Gasteiger partial charge < -0.3 is 5.73 Å². The summed E-state index contributed by atoms with van der Waals surface area (Å²) in [4.78, 5) is 0. The molecule has 3 N–H and O–H groups in total. The smallest absolute Gasteiger partial charge is 0.0937 e. The fraction of sp³-hybridized carbons (Fsp3) is 0.857. The van der Waals surface area contributed by atoms with Crippen molar-refractivity contribution in [2.75, 3.05) is 0 Å². The van der Waals surface area contributed by atoms with Gasteiger partial charge in [-0.2, -0.15) is 0 Å². The summed E-state index contributed by atoms with van der Waals surface area (Å²) in [6, 6.07) is 0. The summed E-state index contributed by atoms with van der Waals surface area (Å²) in [5, 5.41) is 7.13. The van der Waals surface area contributed by atoms with Crippen molar-refractivity contribution in [2.24, 2.45) is 17.1 Å². The fourth-order valence-electron chi connectivity index (χ4n) is 1.79. The molecular formula is C7H12N2. The summed E-state index contributed by atoms with van der Waals surface area (Å²) < 4.78 is 0. The van der Waals surface area contributed by atoms with Crippen molar-refractivity contribution in [3.63, 3.8) is 0 Å². The van der Waals surface area contributed by atoms with Crippen LogP contribution in [0.25, 0.3) is 0 Å². The number of hydrogen-bond acceptors (Lipinski definition) is 1. The third kappa shape index (κ3) is 0.655.